The molecular formula is C24H32O6. The highest BCUT2D eigenvalue weighted by molar-refractivity contribution is 6.03. The quantitative estimate of drug-likeness (QED) is 0.259. The van der Waals surface area contributed by atoms with Crippen molar-refractivity contribution in [2.45, 2.75) is 71.4 Å². The Morgan fingerprint density at radius 3 is 2.63 bits per heavy atom. The van der Waals surface area contributed by atoms with Gasteiger partial charge in [0, 0.05) is 12.5 Å². The maximum absolute atomic E-state index is 12.4. The average molecular weight is 417 g/mol. The number of ketones is 1. The number of allylic oxidation sites excluding steroid dienone is 7. The standard InChI is InChI=1S/C24H32O6/c1-15(2)8-6-9-16(3)10-7-11-17(4)12-20(26)24-21(27)13-19(14-29-18(5)25)22(28)23(24)30-24/h7-8,10-13,20-21,23,26-27H,6,9,14H2,1-5H3/b11-7+,16-10+,17-12+/t20-,21-,23-,24+/m0/s1. The number of epoxide rings is 1. The molecule has 1 heterocycles. The Hall–Kier alpha value is -2.28. The Kier molecular flexibility index (Phi) is 8.12. The fourth-order valence-corrected chi connectivity index (χ4v) is 3.39. The van der Waals surface area contributed by atoms with Gasteiger partial charge in [0.05, 0.1) is 0 Å². The van der Waals surface area contributed by atoms with E-state index in [0.29, 0.717) is 0 Å². The van der Waals surface area contributed by atoms with E-state index in [1.165, 1.54) is 24.1 Å². The third-order valence-electron chi connectivity index (χ3n) is 5.20. The predicted molar refractivity (Wildman–Crippen MR) is 115 cm³/mol. The minimum atomic E-state index is -1.37. The summed E-state index contributed by atoms with van der Waals surface area (Å²) in [4.78, 5) is 23.4. The predicted octanol–water partition coefficient (Wildman–Crippen LogP) is 3.11. The molecule has 2 aliphatic rings. The zero-order chi connectivity index (χ0) is 22.5. The van der Waals surface area contributed by atoms with Crippen LogP contribution in [0.4, 0.5) is 0 Å². The highest BCUT2D eigenvalue weighted by atomic mass is 16.6. The number of esters is 1. The van der Waals surface area contributed by atoms with Crippen LogP contribution in [-0.2, 0) is 19.1 Å². The summed E-state index contributed by atoms with van der Waals surface area (Å²) in [5.41, 5.74) is 2.15. The first-order chi connectivity index (χ1) is 14.1. The molecule has 6 nitrogen and oxygen atoms in total. The molecule has 0 bridgehead atoms. The number of carbonyl (C=O) groups excluding carboxylic acids is 2. The topological polar surface area (TPSA) is 96.4 Å². The number of carbonyl (C=O) groups is 2. The normalized spacial score (nSPS) is 27.4. The second kappa shape index (κ2) is 10.2. The average Bonchev–Trinajstić information content (AvgIpc) is 3.41. The van der Waals surface area contributed by atoms with Crippen molar-refractivity contribution >= 4 is 11.8 Å². The van der Waals surface area contributed by atoms with Crippen LogP contribution in [0.25, 0.3) is 0 Å². The van der Waals surface area contributed by atoms with Crippen LogP contribution in [0, 0.1) is 0 Å². The number of aliphatic hydroxyl groups is 2. The largest absolute Gasteiger partial charge is 0.461 e. The van der Waals surface area contributed by atoms with Crippen LogP contribution in [0.2, 0.25) is 0 Å². The van der Waals surface area contributed by atoms with Gasteiger partial charge >= 0.3 is 5.97 Å². The van der Waals surface area contributed by atoms with Gasteiger partial charge in [0.2, 0.25) is 0 Å². The number of hydrogen-bond donors (Lipinski definition) is 2. The van der Waals surface area contributed by atoms with E-state index in [1.807, 2.05) is 25.2 Å². The molecule has 4 atom stereocenters. The summed E-state index contributed by atoms with van der Waals surface area (Å²) in [6.07, 6.45) is 9.60. The van der Waals surface area contributed by atoms with Crippen molar-refractivity contribution in [3.63, 3.8) is 0 Å². The molecule has 0 aromatic heterocycles. The SMILES string of the molecule is CC(=O)OCC1=C[C@H](O)[C@@]2([C@@H](O)/C=C(C)/C=C/C=C(\C)CCC=C(C)C)O[C@H]2C1=O. The molecule has 0 spiro atoms. The van der Waals surface area contributed by atoms with Gasteiger partial charge in [-0.1, -0.05) is 47.1 Å². The molecule has 0 aromatic rings. The van der Waals surface area contributed by atoms with Crippen LogP contribution >= 0.6 is 0 Å². The van der Waals surface area contributed by atoms with Gasteiger partial charge in [-0.15, -0.1) is 0 Å². The second-order valence-electron chi connectivity index (χ2n) is 8.18. The first kappa shape index (κ1) is 24.0. The Morgan fingerprint density at radius 2 is 2.00 bits per heavy atom. The van der Waals surface area contributed by atoms with Gasteiger partial charge in [-0.05, 0) is 46.6 Å². The van der Waals surface area contributed by atoms with Gasteiger partial charge in [0.1, 0.15) is 18.8 Å². The van der Waals surface area contributed by atoms with E-state index >= 15 is 0 Å². The second-order valence-corrected chi connectivity index (χ2v) is 8.18. The minimum Gasteiger partial charge on any atom is -0.461 e. The Labute approximate surface area is 178 Å². The maximum atomic E-state index is 12.4. The van der Waals surface area contributed by atoms with E-state index in [1.54, 1.807) is 6.08 Å². The summed E-state index contributed by atoms with van der Waals surface area (Å²) in [7, 11) is 0. The van der Waals surface area contributed by atoms with Gasteiger partial charge in [0.25, 0.3) is 0 Å². The Bertz CT molecular complexity index is 825. The molecule has 2 N–H and O–H groups in total. The van der Waals surface area contributed by atoms with Crippen molar-refractivity contribution in [2.24, 2.45) is 0 Å². The lowest BCUT2D eigenvalue weighted by Crippen LogP contribution is -2.46. The molecular weight excluding hydrogens is 384 g/mol. The molecule has 0 unspecified atom stereocenters. The fourth-order valence-electron chi connectivity index (χ4n) is 3.39. The maximum Gasteiger partial charge on any atom is 0.302 e. The van der Waals surface area contributed by atoms with Crippen LogP contribution in [0.5, 0.6) is 0 Å². The van der Waals surface area contributed by atoms with Crippen molar-refractivity contribution < 1.29 is 29.3 Å². The van der Waals surface area contributed by atoms with E-state index in [0.717, 1.165) is 18.4 Å². The molecule has 164 valence electrons. The fraction of sp³-hybridized carbons (Fsp3) is 0.500. The van der Waals surface area contributed by atoms with E-state index in [9.17, 15) is 19.8 Å². The third kappa shape index (κ3) is 5.88. The molecule has 2 rings (SSSR count). The molecule has 6 heteroatoms. The zero-order valence-electron chi connectivity index (χ0n) is 18.3. The molecule has 1 aliphatic heterocycles. The minimum absolute atomic E-state index is 0.178. The number of fused-ring (bicyclic) bond motifs is 1. The monoisotopic (exact) mass is 416 g/mol. The number of hydrogen-bond acceptors (Lipinski definition) is 6. The van der Waals surface area contributed by atoms with Gasteiger partial charge in [-0.3, -0.25) is 9.59 Å². The number of Topliss-reactive ketones (excluding diaryl/α,β-unsaturated/α-hetero) is 1. The molecule has 0 saturated carbocycles. The van der Waals surface area contributed by atoms with E-state index in [-0.39, 0.29) is 18.0 Å². The molecule has 0 aromatic carbocycles. The summed E-state index contributed by atoms with van der Waals surface area (Å²) in [5.74, 6) is -0.893. The van der Waals surface area contributed by atoms with Crippen molar-refractivity contribution in [3.8, 4) is 0 Å². The first-order valence-electron chi connectivity index (χ1n) is 10.2. The molecule has 0 amide bonds. The van der Waals surface area contributed by atoms with Crippen molar-refractivity contribution in [3.05, 3.63) is 58.7 Å². The Balaban J connectivity index is 2.00. The summed E-state index contributed by atoms with van der Waals surface area (Å²) in [5, 5.41) is 21.1. The van der Waals surface area contributed by atoms with Crippen LogP contribution in [0.1, 0.15) is 47.5 Å². The molecule has 1 aliphatic carbocycles. The highest BCUT2D eigenvalue weighted by Gasteiger charge is 2.70. The van der Waals surface area contributed by atoms with Crippen molar-refractivity contribution in [1.29, 1.82) is 0 Å². The molecule has 30 heavy (non-hydrogen) atoms. The van der Waals surface area contributed by atoms with Crippen molar-refractivity contribution in [1.82, 2.24) is 0 Å². The van der Waals surface area contributed by atoms with Gasteiger partial charge < -0.3 is 19.7 Å². The lowest BCUT2D eigenvalue weighted by atomic mass is 9.82. The van der Waals surface area contributed by atoms with E-state index in [2.05, 4.69) is 26.8 Å². The zero-order valence-corrected chi connectivity index (χ0v) is 18.3. The smallest absolute Gasteiger partial charge is 0.302 e. The lowest BCUT2D eigenvalue weighted by Gasteiger charge is -2.25. The summed E-state index contributed by atoms with van der Waals surface area (Å²) >= 11 is 0. The molecule has 1 saturated heterocycles. The van der Waals surface area contributed by atoms with E-state index < -0.39 is 29.9 Å². The highest BCUT2D eigenvalue weighted by Crippen LogP contribution is 2.48. The molecule has 1 fully saturated rings. The van der Waals surface area contributed by atoms with Gasteiger partial charge in [-0.2, -0.15) is 0 Å². The summed E-state index contributed by atoms with van der Waals surface area (Å²) < 4.78 is 10.3. The lowest BCUT2D eigenvalue weighted by molar-refractivity contribution is -0.140. The number of ether oxygens (including phenoxy) is 2. The van der Waals surface area contributed by atoms with E-state index in [4.69, 9.17) is 9.47 Å². The van der Waals surface area contributed by atoms with Gasteiger partial charge in [-0.25, -0.2) is 0 Å². The van der Waals surface area contributed by atoms with Crippen LogP contribution in [-0.4, -0.2) is 52.5 Å². The number of aliphatic hydroxyl groups excluding tert-OH is 2. The van der Waals surface area contributed by atoms with Crippen LogP contribution < -0.4 is 0 Å². The molecule has 0 radical (unpaired) electrons. The first-order valence-corrected chi connectivity index (χ1v) is 10.2. The third-order valence-corrected chi connectivity index (χ3v) is 5.20. The summed E-state index contributed by atoms with van der Waals surface area (Å²) in [6, 6.07) is 0. The van der Waals surface area contributed by atoms with Gasteiger partial charge in [0.15, 0.2) is 17.5 Å². The van der Waals surface area contributed by atoms with Crippen molar-refractivity contribution in [2.75, 3.05) is 6.61 Å². The summed E-state index contributed by atoms with van der Waals surface area (Å²) in [6.45, 7) is 9.10. The van der Waals surface area contributed by atoms with Crippen LogP contribution in [0.15, 0.2) is 58.7 Å². The Morgan fingerprint density at radius 1 is 1.30 bits per heavy atom. The number of rotatable bonds is 9. The van der Waals surface area contributed by atoms with Crippen LogP contribution in [0.3, 0.4) is 0 Å².